The van der Waals surface area contributed by atoms with Crippen molar-refractivity contribution in [3.05, 3.63) is 101 Å². The molecule has 1 aliphatic carbocycles. The summed E-state index contributed by atoms with van der Waals surface area (Å²) in [4.78, 5) is 29.8. The second-order valence-corrected chi connectivity index (χ2v) is 10.6. The van der Waals surface area contributed by atoms with Crippen molar-refractivity contribution in [2.45, 2.75) is 55.6 Å². The minimum absolute atomic E-state index is 0.141. The van der Waals surface area contributed by atoms with Gasteiger partial charge in [0.05, 0.1) is 5.75 Å². The van der Waals surface area contributed by atoms with Crippen molar-refractivity contribution in [3.8, 4) is 0 Å². The van der Waals surface area contributed by atoms with Crippen LogP contribution < -0.4 is 5.32 Å². The molecule has 3 aromatic rings. The summed E-state index contributed by atoms with van der Waals surface area (Å²) in [6.45, 7) is 0.218. The summed E-state index contributed by atoms with van der Waals surface area (Å²) in [5, 5.41) is 3.83. The Morgan fingerprint density at radius 2 is 1.61 bits per heavy atom. The van der Waals surface area contributed by atoms with E-state index in [9.17, 15) is 14.0 Å². The van der Waals surface area contributed by atoms with Gasteiger partial charge < -0.3 is 10.2 Å². The SMILES string of the molecule is O=C(NC1CCCC1)[C@H](Cc1ccccc1)N(Cc1ccc(F)cc1)C(=O)CSc1ccc(Cl)cc1. The van der Waals surface area contributed by atoms with E-state index in [1.807, 2.05) is 42.5 Å². The Kier molecular flexibility index (Phi) is 9.42. The molecular weight excluding hydrogens is 495 g/mol. The Labute approximate surface area is 221 Å². The van der Waals surface area contributed by atoms with Crippen LogP contribution in [0.4, 0.5) is 4.39 Å². The molecule has 0 aliphatic heterocycles. The molecule has 7 heteroatoms. The second-order valence-electron chi connectivity index (χ2n) is 9.09. The highest BCUT2D eigenvalue weighted by atomic mass is 35.5. The Balaban J connectivity index is 1.59. The Hall–Kier alpha value is -2.83. The van der Waals surface area contributed by atoms with Crippen LogP contribution in [0.3, 0.4) is 0 Å². The summed E-state index contributed by atoms with van der Waals surface area (Å²) in [5.74, 6) is -0.459. The molecule has 0 aromatic heterocycles. The van der Waals surface area contributed by atoms with Gasteiger partial charge in [0.2, 0.25) is 11.8 Å². The van der Waals surface area contributed by atoms with Crippen molar-refractivity contribution in [3.63, 3.8) is 0 Å². The highest BCUT2D eigenvalue weighted by Crippen LogP contribution is 2.24. The third-order valence-corrected chi connectivity index (χ3v) is 7.66. The third-order valence-electron chi connectivity index (χ3n) is 6.41. The van der Waals surface area contributed by atoms with Gasteiger partial charge in [-0.2, -0.15) is 0 Å². The standard InChI is InChI=1S/C29H30ClFN2O2S/c30-23-12-16-26(17-13-23)36-20-28(34)33(19-22-10-14-24(31)15-11-22)27(18-21-6-2-1-3-7-21)29(35)32-25-8-4-5-9-25/h1-3,6-7,10-17,25,27H,4-5,8-9,18-20H2,(H,32,35)/t27-/m0/s1. The van der Waals surface area contributed by atoms with Crippen LogP contribution in [0.5, 0.6) is 0 Å². The lowest BCUT2D eigenvalue weighted by molar-refractivity contribution is -0.139. The molecule has 4 nitrogen and oxygen atoms in total. The summed E-state index contributed by atoms with van der Waals surface area (Å²) in [7, 11) is 0. The largest absolute Gasteiger partial charge is 0.352 e. The molecule has 0 radical (unpaired) electrons. The second kappa shape index (κ2) is 12.9. The molecule has 1 atom stereocenters. The Morgan fingerprint density at radius 3 is 2.28 bits per heavy atom. The maximum absolute atomic E-state index is 13.7. The van der Waals surface area contributed by atoms with Crippen molar-refractivity contribution in [2.24, 2.45) is 0 Å². The number of hydrogen-bond donors (Lipinski definition) is 1. The highest BCUT2D eigenvalue weighted by Gasteiger charge is 2.32. The molecule has 0 spiro atoms. The van der Waals surface area contributed by atoms with E-state index in [2.05, 4.69) is 5.32 Å². The number of rotatable bonds is 10. The van der Waals surface area contributed by atoms with Crippen molar-refractivity contribution < 1.29 is 14.0 Å². The molecule has 0 bridgehead atoms. The average molecular weight is 525 g/mol. The maximum atomic E-state index is 13.7. The van der Waals surface area contributed by atoms with Crippen molar-refractivity contribution in [2.75, 3.05) is 5.75 Å². The highest BCUT2D eigenvalue weighted by molar-refractivity contribution is 8.00. The zero-order valence-electron chi connectivity index (χ0n) is 20.0. The first-order valence-corrected chi connectivity index (χ1v) is 13.6. The van der Waals surface area contributed by atoms with Gasteiger partial charge in [-0.1, -0.05) is 66.9 Å². The van der Waals surface area contributed by atoms with Crippen LogP contribution in [0.15, 0.2) is 83.8 Å². The summed E-state index contributed by atoms with van der Waals surface area (Å²) in [6.07, 6.45) is 4.52. The molecule has 1 saturated carbocycles. The summed E-state index contributed by atoms with van der Waals surface area (Å²) >= 11 is 7.40. The lowest BCUT2D eigenvalue weighted by atomic mass is 10.0. The predicted octanol–water partition coefficient (Wildman–Crippen LogP) is 6.27. The van der Waals surface area contributed by atoms with Gasteiger partial charge in [-0.3, -0.25) is 9.59 Å². The van der Waals surface area contributed by atoms with Gasteiger partial charge in [-0.25, -0.2) is 4.39 Å². The van der Waals surface area contributed by atoms with E-state index < -0.39 is 6.04 Å². The number of carbonyl (C=O) groups is 2. The Bertz CT molecular complexity index is 1140. The van der Waals surface area contributed by atoms with E-state index in [-0.39, 0.29) is 36.0 Å². The molecular formula is C29H30ClFN2O2S. The monoisotopic (exact) mass is 524 g/mol. The summed E-state index contributed by atoms with van der Waals surface area (Å²) in [5.41, 5.74) is 1.75. The molecule has 36 heavy (non-hydrogen) atoms. The van der Waals surface area contributed by atoms with Crippen LogP contribution in [0.2, 0.25) is 5.02 Å². The molecule has 188 valence electrons. The average Bonchev–Trinajstić information content (AvgIpc) is 3.40. The number of nitrogens with one attached hydrogen (secondary N) is 1. The van der Waals surface area contributed by atoms with Crippen molar-refractivity contribution in [1.82, 2.24) is 10.2 Å². The number of thioether (sulfide) groups is 1. The van der Waals surface area contributed by atoms with Gasteiger partial charge in [-0.15, -0.1) is 11.8 Å². The molecule has 3 aromatic carbocycles. The first-order valence-electron chi connectivity index (χ1n) is 12.2. The van der Waals surface area contributed by atoms with Crippen LogP contribution in [-0.2, 0) is 22.6 Å². The van der Waals surface area contributed by atoms with Gasteiger partial charge in [0.1, 0.15) is 11.9 Å². The van der Waals surface area contributed by atoms with Crippen molar-refractivity contribution >= 4 is 35.2 Å². The zero-order valence-corrected chi connectivity index (χ0v) is 21.6. The van der Waals surface area contributed by atoms with Gasteiger partial charge in [0.25, 0.3) is 0 Å². The fourth-order valence-electron chi connectivity index (χ4n) is 4.47. The molecule has 0 saturated heterocycles. The lowest BCUT2D eigenvalue weighted by Gasteiger charge is -2.32. The van der Waals surface area contributed by atoms with Crippen LogP contribution in [0, 0.1) is 5.82 Å². The van der Waals surface area contributed by atoms with Gasteiger partial charge in [0.15, 0.2) is 0 Å². The summed E-state index contributed by atoms with van der Waals surface area (Å²) in [6, 6.07) is 22.6. The number of carbonyl (C=O) groups excluding carboxylic acids is 2. The molecule has 4 rings (SSSR count). The van der Waals surface area contributed by atoms with Crippen LogP contribution >= 0.6 is 23.4 Å². The van der Waals surface area contributed by atoms with Gasteiger partial charge in [0, 0.05) is 28.9 Å². The number of nitrogens with zero attached hydrogens (tertiary/aromatic N) is 1. The van der Waals surface area contributed by atoms with Gasteiger partial charge >= 0.3 is 0 Å². The van der Waals surface area contributed by atoms with Crippen LogP contribution in [0.1, 0.15) is 36.8 Å². The van der Waals surface area contributed by atoms with E-state index in [4.69, 9.17) is 11.6 Å². The molecule has 0 heterocycles. The fraction of sp³-hybridized carbons (Fsp3) is 0.310. The van der Waals surface area contributed by atoms with Crippen LogP contribution in [0.25, 0.3) is 0 Å². The van der Waals surface area contributed by atoms with E-state index in [1.165, 1.54) is 23.9 Å². The molecule has 1 N–H and O–H groups in total. The van der Waals surface area contributed by atoms with E-state index >= 15 is 0 Å². The number of halogens is 2. The maximum Gasteiger partial charge on any atom is 0.243 e. The molecule has 1 fully saturated rings. The lowest BCUT2D eigenvalue weighted by Crippen LogP contribution is -2.52. The van der Waals surface area contributed by atoms with E-state index in [1.54, 1.807) is 29.2 Å². The normalized spacial score (nSPS) is 14.4. The number of amides is 2. The third kappa shape index (κ3) is 7.58. The first-order chi connectivity index (χ1) is 17.5. The van der Waals surface area contributed by atoms with E-state index in [0.29, 0.717) is 11.4 Å². The predicted molar refractivity (Wildman–Crippen MR) is 143 cm³/mol. The number of benzene rings is 3. The summed E-state index contributed by atoms with van der Waals surface area (Å²) < 4.78 is 13.6. The zero-order chi connectivity index (χ0) is 25.3. The quantitative estimate of drug-likeness (QED) is 0.318. The molecule has 2 amide bonds. The topological polar surface area (TPSA) is 49.4 Å². The molecule has 0 unspecified atom stereocenters. The van der Waals surface area contributed by atoms with Crippen molar-refractivity contribution in [1.29, 1.82) is 0 Å². The minimum atomic E-state index is -0.684. The first kappa shape index (κ1) is 26.2. The smallest absolute Gasteiger partial charge is 0.243 e. The molecule has 1 aliphatic rings. The Morgan fingerprint density at radius 1 is 0.944 bits per heavy atom. The van der Waals surface area contributed by atoms with E-state index in [0.717, 1.165) is 41.7 Å². The minimum Gasteiger partial charge on any atom is -0.352 e. The fourth-order valence-corrected chi connectivity index (χ4v) is 5.38. The van der Waals surface area contributed by atoms with Gasteiger partial charge in [-0.05, 0) is 60.4 Å². The van der Waals surface area contributed by atoms with Crippen LogP contribution in [-0.4, -0.2) is 34.6 Å². The number of hydrogen-bond acceptors (Lipinski definition) is 3.